The highest BCUT2D eigenvalue weighted by molar-refractivity contribution is 6.29. The lowest BCUT2D eigenvalue weighted by Gasteiger charge is -2.27. The van der Waals surface area contributed by atoms with E-state index in [1.54, 1.807) is 6.07 Å². The van der Waals surface area contributed by atoms with Gasteiger partial charge in [0.15, 0.2) is 0 Å². The second-order valence-corrected chi connectivity index (χ2v) is 5.82. The summed E-state index contributed by atoms with van der Waals surface area (Å²) in [5, 5.41) is 3.78. The van der Waals surface area contributed by atoms with E-state index in [-0.39, 0.29) is 0 Å². The Kier molecular flexibility index (Phi) is 5.11. The Labute approximate surface area is 129 Å². The van der Waals surface area contributed by atoms with Gasteiger partial charge < -0.3 is 19.7 Å². The second-order valence-electron chi connectivity index (χ2n) is 5.43. The molecule has 1 N–H and O–H groups in total. The minimum atomic E-state index is 0.423. The fraction of sp³-hybridized carbons (Fsp3) is 0.714. The Bertz CT molecular complexity index is 462. The largest absolute Gasteiger partial charge is 0.477 e. The Balaban J connectivity index is 1.62. The number of aromatic nitrogens is 2. The Hall–Kier alpha value is -1.11. The Morgan fingerprint density at radius 1 is 1.29 bits per heavy atom. The van der Waals surface area contributed by atoms with E-state index in [1.165, 1.54) is 0 Å². The van der Waals surface area contributed by atoms with E-state index in [2.05, 4.69) is 20.2 Å². The number of anilines is 1. The molecule has 2 fully saturated rings. The SMILES string of the molecule is Clc1cc(OCC2CCNCC2)nc(N2CCOCC2)n1. The molecule has 3 rings (SSSR count). The number of hydrogen-bond acceptors (Lipinski definition) is 6. The first-order valence-corrected chi connectivity index (χ1v) is 7.90. The van der Waals surface area contributed by atoms with Crippen LogP contribution in [-0.2, 0) is 4.74 Å². The molecule has 0 aromatic carbocycles. The number of hydrogen-bond donors (Lipinski definition) is 1. The number of piperidine rings is 1. The zero-order valence-electron chi connectivity index (χ0n) is 12.1. The first kappa shape index (κ1) is 14.8. The highest BCUT2D eigenvalue weighted by Gasteiger charge is 2.17. The summed E-state index contributed by atoms with van der Waals surface area (Å²) in [5.74, 6) is 1.79. The molecule has 0 bridgehead atoms. The van der Waals surface area contributed by atoms with Gasteiger partial charge in [0.1, 0.15) is 5.15 Å². The number of morpholine rings is 1. The summed E-state index contributed by atoms with van der Waals surface area (Å²) >= 11 is 6.09. The van der Waals surface area contributed by atoms with Gasteiger partial charge in [-0.25, -0.2) is 4.98 Å². The van der Waals surface area contributed by atoms with Crippen molar-refractivity contribution in [1.82, 2.24) is 15.3 Å². The smallest absolute Gasteiger partial charge is 0.230 e. The summed E-state index contributed by atoms with van der Waals surface area (Å²) in [7, 11) is 0. The van der Waals surface area contributed by atoms with E-state index >= 15 is 0 Å². The van der Waals surface area contributed by atoms with Gasteiger partial charge in [0.05, 0.1) is 19.8 Å². The van der Waals surface area contributed by atoms with Crippen LogP contribution in [0.25, 0.3) is 0 Å². The number of rotatable bonds is 4. The highest BCUT2D eigenvalue weighted by atomic mass is 35.5. The van der Waals surface area contributed by atoms with E-state index in [4.69, 9.17) is 21.1 Å². The van der Waals surface area contributed by atoms with Gasteiger partial charge in [0.25, 0.3) is 0 Å². The summed E-state index contributed by atoms with van der Waals surface area (Å²) in [6.45, 7) is 5.79. The normalized spacial score (nSPS) is 20.5. The molecule has 1 aromatic rings. The molecule has 116 valence electrons. The van der Waals surface area contributed by atoms with Crippen molar-refractivity contribution in [3.63, 3.8) is 0 Å². The van der Waals surface area contributed by atoms with Crippen molar-refractivity contribution in [3.8, 4) is 5.88 Å². The summed E-state index contributed by atoms with van der Waals surface area (Å²) in [5.41, 5.74) is 0. The quantitative estimate of drug-likeness (QED) is 0.847. The Morgan fingerprint density at radius 2 is 2.05 bits per heavy atom. The van der Waals surface area contributed by atoms with Crippen molar-refractivity contribution in [2.24, 2.45) is 5.92 Å². The van der Waals surface area contributed by atoms with E-state index in [9.17, 15) is 0 Å². The minimum Gasteiger partial charge on any atom is -0.477 e. The molecule has 0 spiro atoms. The highest BCUT2D eigenvalue weighted by Crippen LogP contribution is 2.21. The van der Waals surface area contributed by atoms with Gasteiger partial charge >= 0.3 is 0 Å². The lowest BCUT2D eigenvalue weighted by molar-refractivity contribution is 0.122. The van der Waals surface area contributed by atoms with Gasteiger partial charge in [-0.05, 0) is 31.8 Å². The van der Waals surface area contributed by atoms with Crippen molar-refractivity contribution in [3.05, 3.63) is 11.2 Å². The van der Waals surface area contributed by atoms with E-state index in [1.807, 2.05) is 0 Å². The average Bonchev–Trinajstić information content (AvgIpc) is 2.54. The van der Waals surface area contributed by atoms with Gasteiger partial charge in [-0.2, -0.15) is 4.98 Å². The molecule has 0 atom stereocenters. The first-order valence-electron chi connectivity index (χ1n) is 7.52. The van der Waals surface area contributed by atoms with Crippen LogP contribution in [0.3, 0.4) is 0 Å². The molecular weight excluding hydrogens is 292 g/mol. The molecule has 0 saturated carbocycles. The molecule has 0 aliphatic carbocycles. The molecule has 0 radical (unpaired) electrons. The molecule has 6 nitrogen and oxygen atoms in total. The van der Waals surface area contributed by atoms with Crippen LogP contribution in [0.15, 0.2) is 6.07 Å². The van der Waals surface area contributed by atoms with Gasteiger partial charge in [-0.15, -0.1) is 0 Å². The third-order valence-corrected chi connectivity index (χ3v) is 4.07. The van der Waals surface area contributed by atoms with Crippen molar-refractivity contribution in [2.75, 3.05) is 50.9 Å². The molecule has 0 unspecified atom stereocenters. The Morgan fingerprint density at radius 3 is 2.81 bits per heavy atom. The van der Waals surface area contributed by atoms with Crippen LogP contribution in [0.4, 0.5) is 5.95 Å². The van der Waals surface area contributed by atoms with Crippen molar-refractivity contribution < 1.29 is 9.47 Å². The maximum Gasteiger partial charge on any atom is 0.230 e. The van der Waals surface area contributed by atoms with Crippen LogP contribution in [-0.4, -0.2) is 56.0 Å². The van der Waals surface area contributed by atoms with Gasteiger partial charge in [0, 0.05) is 19.2 Å². The first-order chi connectivity index (χ1) is 10.3. The number of nitrogens with one attached hydrogen (secondary N) is 1. The van der Waals surface area contributed by atoms with Gasteiger partial charge in [-0.3, -0.25) is 0 Å². The van der Waals surface area contributed by atoms with E-state index in [0.29, 0.717) is 42.7 Å². The fourth-order valence-corrected chi connectivity index (χ4v) is 2.78. The van der Waals surface area contributed by atoms with Crippen LogP contribution in [0.5, 0.6) is 5.88 Å². The second kappa shape index (κ2) is 7.24. The maximum absolute atomic E-state index is 6.09. The topological polar surface area (TPSA) is 59.5 Å². The average molecular weight is 313 g/mol. The molecular formula is C14H21ClN4O2. The van der Waals surface area contributed by atoms with Crippen LogP contribution in [0.1, 0.15) is 12.8 Å². The minimum absolute atomic E-state index is 0.423. The van der Waals surface area contributed by atoms with E-state index < -0.39 is 0 Å². The van der Waals surface area contributed by atoms with Crippen LogP contribution in [0, 0.1) is 5.92 Å². The monoisotopic (exact) mass is 312 g/mol. The van der Waals surface area contributed by atoms with Crippen LogP contribution < -0.4 is 15.0 Å². The molecule has 1 aromatic heterocycles. The van der Waals surface area contributed by atoms with Crippen molar-refractivity contribution in [2.45, 2.75) is 12.8 Å². The number of halogens is 1. The molecule has 2 saturated heterocycles. The zero-order chi connectivity index (χ0) is 14.5. The lowest BCUT2D eigenvalue weighted by Crippen LogP contribution is -2.37. The third-order valence-electron chi connectivity index (χ3n) is 3.88. The molecule has 2 aliphatic heterocycles. The zero-order valence-corrected chi connectivity index (χ0v) is 12.8. The number of ether oxygens (including phenoxy) is 2. The predicted molar refractivity (Wildman–Crippen MR) is 81.2 cm³/mol. The van der Waals surface area contributed by atoms with Gasteiger partial charge in [0.2, 0.25) is 11.8 Å². The van der Waals surface area contributed by atoms with Crippen LogP contribution >= 0.6 is 11.6 Å². The summed E-state index contributed by atoms with van der Waals surface area (Å²) < 4.78 is 11.2. The summed E-state index contributed by atoms with van der Waals surface area (Å²) in [4.78, 5) is 10.8. The van der Waals surface area contributed by atoms with Crippen LogP contribution in [0.2, 0.25) is 5.15 Å². The van der Waals surface area contributed by atoms with E-state index in [0.717, 1.165) is 39.0 Å². The molecule has 3 heterocycles. The van der Waals surface area contributed by atoms with Crippen molar-refractivity contribution in [1.29, 1.82) is 0 Å². The maximum atomic E-state index is 6.09. The molecule has 7 heteroatoms. The molecule has 0 amide bonds. The predicted octanol–water partition coefficient (Wildman–Crippen LogP) is 1.34. The fourth-order valence-electron chi connectivity index (χ4n) is 2.62. The lowest BCUT2D eigenvalue weighted by atomic mass is 9.99. The summed E-state index contributed by atoms with van der Waals surface area (Å²) in [6, 6.07) is 1.69. The molecule has 21 heavy (non-hydrogen) atoms. The standard InChI is InChI=1S/C14H21ClN4O2/c15-12-9-13(21-10-11-1-3-16-4-2-11)18-14(17-12)19-5-7-20-8-6-19/h9,11,16H,1-8,10H2. The molecule has 2 aliphatic rings. The number of nitrogens with zero attached hydrogens (tertiary/aromatic N) is 3. The third kappa shape index (κ3) is 4.18. The summed E-state index contributed by atoms with van der Waals surface area (Å²) in [6.07, 6.45) is 2.30. The van der Waals surface area contributed by atoms with Gasteiger partial charge in [-0.1, -0.05) is 11.6 Å². The van der Waals surface area contributed by atoms with Crippen molar-refractivity contribution >= 4 is 17.5 Å².